The molecule has 1 aromatic rings. The number of aryl methyl sites for hydroxylation is 1. The third-order valence-corrected chi connectivity index (χ3v) is 6.29. The predicted molar refractivity (Wildman–Crippen MR) is 87.3 cm³/mol. The maximum Gasteiger partial charge on any atom is 0.299 e. The van der Waals surface area contributed by atoms with Crippen LogP contribution < -0.4 is 4.90 Å². The number of hydrogen-bond acceptors (Lipinski definition) is 2. The number of Topliss-reactive ketones (excluding diaryl/α,β-unsaturated/α-hetero) is 1. The lowest BCUT2D eigenvalue weighted by atomic mass is 9.88. The molecule has 0 saturated heterocycles. The van der Waals surface area contributed by atoms with Gasteiger partial charge in [-0.15, -0.1) is 0 Å². The van der Waals surface area contributed by atoms with E-state index in [1.165, 1.54) is 12.8 Å². The molecule has 0 radical (unpaired) electrons. The second kappa shape index (κ2) is 5.24. The Labute approximate surface area is 133 Å². The molecule has 4 heteroatoms. The number of fused-ring (bicyclic) bond motifs is 1. The molecule has 112 valence electrons. The smallest absolute Gasteiger partial charge is 0.299 e. The van der Waals surface area contributed by atoms with Gasteiger partial charge in [-0.2, -0.15) is 0 Å². The average Bonchev–Trinajstić information content (AvgIpc) is 3.03. The first-order valence-corrected chi connectivity index (χ1v) is 8.64. The molecule has 1 aliphatic carbocycles. The van der Waals surface area contributed by atoms with Gasteiger partial charge in [0.15, 0.2) is 0 Å². The van der Waals surface area contributed by atoms with Crippen molar-refractivity contribution in [3.05, 3.63) is 28.8 Å². The number of hydrogen-bond donors (Lipinski definition) is 0. The van der Waals surface area contributed by atoms with E-state index >= 15 is 0 Å². The minimum atomic E-state index is -0.356. The highest BCUT2D eigenvalue weighted by atomic mass is 79.9. The Balaban J connectivity index is 2.03. The third-order valence-electron chi connectivity index (χ3n) is 5.10. The first-order chi connectivity index (χ1) is 9.99. The number of anilines is 1. The number of benzene rings is 1. The predicted octanol–water partition coefficient (Wildman–Crippen LogP) is 3.79. The fourth-order valence-corrected chi connectivity index (χ4v) is 4.35. The van der Waals surface area contributed by atoms with E-state index in [-0.39, 0.29) is 17.1 Å². The minimum Gasteiger partial charge on any atom is -0.304 e. The molecule has 2 aliphatic rings. The molecule has 1 heterocycles. The van der Waals surface area contributed by atoms with Crippen LogP contribution >= 0.6 is 15.9 Å². The molecule has 0 spiro atoms. The molecule has 0 unspecified atom stereocenters. The maximum absolute atomic E-state index is 12.4. The van der Waals surface area contributed by atoms with E-state index in [0.29, 0.717) is 12.1 Å². The average molecular weight is 350 g/mol. The molecule has 3 rings (SSSR count). The van der Waals surface area contributed by atoms with Crippen molar-refractivity contribution in [3.8, 4) is 0 Å². The number of alkyl halides is 1. The lowest BCUT2D eigenvalue weighted by Gasteiger charge is -2.32. The van der Waals surface area contributed by atoms with Gasteiger partial charge >= 0.3 is 0 Å². The van der Waals surface area contributed by atoms with Crippen molar-refractivity contribution in [3.63, 3.8) is 0 Å². The molecule has 0 N–H and O–H groups in total. The fourth-order valence-electron chi connectivity index (χ4n) is 3.62. The Morgan fingerprint density at radius 3 is 2.48 bits per heavy atom. The second-order valence-corrected chi connectivity index (χ2v) is 7.03. The number of carbonyl (C=O) groups excluding carboxylic acids is 2. The van der Waals surface area contributed by atoms with Crippen LogP contribution in [-0.2, 0) is 4.79 Å². The minimum absolute atomic E-state index is 0.119. The van der Waals surface area contributed by atoms with E-state index < -0.39 is 0 Å². The van der Waals surface area contributed by atoms with Gasteiger partial charge in [0.2, 0.25) is 0 Å². The highest BCUT2D eigenvalue weighted by Crippen LogP contribution is 2.43. The van der Waals surface area contributed by atoms with Crippen molar-refractivity contribution in [1.82, 2.24) is 0 Å². The summed E-state index contributed by atoms with van der Waals surface area (Å²) in [6, 6.07) is 3.73. The van der Waals surface area contributed by atoms with E-state index in [0.717, 1.165) is 35.0 Å². The fraction of sp³-hybridized carbons (Fsp3) is 0.529. The van der Waals surface area contributed by atoms with E-state index in [9.17, 15) is 9.59 Å². The molecule has 1 amide bonds. The van der Waals surface area contributed by atoms with E-state index in [2.05, 4.69) is 15.9 Å². The van der Waals surface area contributed by atoms with Gasteiger partial charge in [0, 0.05) is 11.9 Å². The van der Waals surface area contributed by atoms with Crippen LogP contribution in [0.5, 0.6) is 0 Å². The number of nitrogens with zero attached hydrogens (tertiary/aromatic N) is 1. The molecular formula is C17H20BrNO2. The summed E-state index contributed by atoms with van der Waals surface area (Å²) in [6.07, 6.45) is 4.66. The van der Waals surface area contributed by atoms with Crippen LogP contribution in [0.3, 0.4) is 0 Å². The summed E-state index contributed by atoms with van der Waals surface area (Å²) >= 11 is 3.63. The Bertz CT molecular complexity index is 617. The lowest BCUT2D eigenvalue weighted by molar-refractivity contribution is -0.114. The summed E-state index contributed by atoms with van der Waals surface area (Å²) in [5.41, 5.74) is 3.71. The summed E-state index contributed by atoms with van der Waals surface area (Å²) in [4.78, 5) is 26.4. The monoisotopic (exact) mass is 349 g/mol. The standard InChI is InChI=1S/C17H20BrNO2/c1-11-5-6-13-14(12(11)2)19(16(21)15(13)20)10-17(9-18)7-3-4-8-17/h5-6H,3-4,7-10H2,1-2H3. The number of ketones is 1. The Morgan fingerprint density at radius 1 is 1.19 bits per heavy atom. The van der Waals surface area contributed by atoms with Crippen LogP contribution in [0.2, 0.25) is 0 Å². The van der Waals surface area contributed by atoms with Gasteiger partial charge < -0.3 is 4.90 Å². The van der Waals surface area contributed by atoms with Crippen LogP contribution in [-0.4, -0.2) is 23.6 Å². The van der Waals surface area contributed by atoms with Gasteiger partial charge in [-0.1, -0.05) is 34.8 Å². The van der Waals surface area contributed by atoms with Crippen molar-refractivity contribution in [2.75, 3.05) is 16.8 Å². The molecule has 21 heavy (non-hydrogen) atoms. The van der Waals surface area contributed by atoms with E-state index in [4.69, 9.17) is 0 Å². The van der Waals surface area contributed by atoms with Crippen LogP contribution in [0.15, 0.2) is 12.1 Å². The molecule has 3 nitrogen and oxygen atoms in total. The maximum atomic E-state index is 12.4. The summed E-state index contributed by atoms with van der Waals surface area (Å²) in [6.45, 7) is 4.68. The Hall–Kier alpha value is -1.16. The highest BCUT2D eigenvalue weighted by molar-refractivity contribution is 9.09. The molecule has 1 fully saturated rings. The number of amides is 1. The van der Waals surface area contributed by atoms with Gasteiger partial charge in [0.1, 0.15) is 0 Å². The number of rotatable bonds is 3. The van der Waals surface area contributed by atoms with Crippen molar-refractivity contribution >= 4 is 33.3 Å². The van der Waals surface area contributed by atoms with Gasteiger partial charge in [0.05, 0.1) is 11.3 Å². The Morgan fingerprint density at radius 2 is 1.86 bits per heavy atom. The van der Waals surface area contributed by atoms with Crippen molar-refractivity contribution in [1.29, 1.82) is 0 Å². The number of carbonyl (C=O) groups is 2. The zero-order valence-corrected chi connectivity index (χ0v) is 14.1. The zero-order chi connectivity index (χ0) is 15.2. The molecule has 1 saturated carbocycles. The highest BCUT2D eigenvalue weighted by Gasteiger charge is 2.43. The molecule has 0 bridgehead atoms. The molecule has 1 aromatic carbocycles. The quantitative estimate of drug-likeness (QED) is 0.614. The molecule has 1 aliphatic heterocycles. The summed E-state index contributed by atoms with van der Waals surface area (Å²) in [5.74, 6) is -0.707. The van der Waals surface area contributed by atoms with Crippen LogP contribution in [0.4, 0.5) is 5.69 Å². The molecule has 0 aromatic heterocycles. The Kier molecular flexibility index (Phi) is 3.68. The second-order valence-electron chi connectivity index (χ2n) is 6.46. The van der Waals surface area contributed by atoms with Gasteiger partial charge in [-0.25, -0.2) is 0 Å². The zero-order valence-electron chi connectivity index (χ0n) is 12.5. The summed E-state index contributed by atoms with van der Waals surface area (Å²) in [7, 11) is 0. The van der Waals surface area contributed by atoms with Gasteiger partial charge in [-0.3, -0.25) is 9.59 Å². The van der Waals surface area contributed by atoms with E-state index in [1.54, 1.807) is 11.0 Å². The SMILES string of the molecule is Cc1ccc2c(c1C)N(CC1(CBr)CCCC1)C(=O)C2=O. The van der Waals surface area contributed by atoms with Gasteiger partial charge in [-0.05, 0) is 49.3 Å². The van der Waals surface area contributed by atoms with Crippen LogP contribution in [0.1, 0.15) is 47.2 Å². The largest absolute Gasteiger partial charge is 0.304 e. The summed E-state index contributed by atoms with van der Waals surface area (Å²) in [5, 5.41) is 0.887. The molecular weight excluding hydrogens is 330 g/mol. The van der Waals surface area contributed by atoms with Crippen LogP contribution in [0, 0.1) is 19.3 Å². The van der Waals surface area contributed by atoms with Crippen molar-refractivity contribution < 1.29 is 9.59 Å². The van der Waals surface area contributed by atoms with E-state index in [1.807, 2.05) is 19.9 Å². The van der Waals surface area contributed by atoms with Crippen molar-refractivity contribution in [2.45, 2.75) is 39.5 Å². The molecule has 0 atom stereocenters. The first-order valence-electron chi connectivity index (χ1n) is 7.51. The van der Waals surface area contributed by atoms with Gasteiger partial charge in [0.25, 0.3) is 11.7 Å². The first kappa shape index (κ1) is 14.8. The normalized spacial score (nSPS) is 20.2. The third kappa shape index (κ3) is 2.24. The summed E-state index contributed by atoms with van der Waals surface area (Å²) < 4.78 is 0. The topological polar surface area (TPSA) is 37.4 Å². The lowest BCUT2D eigenvalue weighted by Crippen LogP contribution is -2.40. The van der Waals surface area contributed by atoms with Crippen LogP contribution in [0.25, 0.3) is 0 Å². The van der Waals surface area contributed by atoms with Crippen molar-refractivity contribution in [2.24, 2.45) is 5.41 Å². The number of halogens is 1.